The highest BCUT2D eigenvalue weighted by Gasteiger charge is 2.14. The molecule has 0 amide bonds. The minimum atomic E-state index is -0.527. The number of hydrogen-bond acceptors (Lipinski definition) is 6. The Morgan fingerprint density at radius 2 is 1.74 bits per heavy atom. The van der Waals surface area contributed by atoms with E-state index >= 15 is 0 Å². The van der Waals surface area contributed by atoms with Crippen LogP contribution in [0.4, 0.5) is 0 Å². The summed E-state index contributed by atoms with van der Waals surface area (Å²) in [5.41, 5.74) is 2.86. The fourth-order valence-corrected chi connectivity index (χ4v) is 2.83. The van der Waals surface area contributed by atoms with Gasteiger partial charge in [0, 0.05) is 17.0 Å². The molecule has 0 atom stereocenters. The first-order valence-electron chi connectivity index (χ1n) is 8.36. The highest BCUT2D eigenvalue weighted by Crippen LogP contribution is 2.28. The summed E-state index contributed by atoms with van der Waals surface area (Å²) in [7, 11) is 3.01. The zero-order chi connectivity index (χ0) is 19.6. The van der Waals surface area contributed by atoms with Crippen molar-refractivity contribution in [2.24, 2.45) is 0 Å². The van der Waals surface area contributed by atoms with E-state index in [0.29, 0.717) is 28.2 Å². The third-order valence-corrected chi connectivity index (χ3v) is 4.50. The predicted octanol–water partition coefficient (Wildman–Crippen LogP) is 3.78. The molecule has 0 fully saturated rings. The lowest BCUT2D eigenvalue weighted by molar-refractivity contribution is 0.0473. The van der Waals surface area contributed by atoms with Gasteiger partial charge in [0.05, 0.1) is 19.8 Å². The van der Waals surface area contributed by atoms with Gasteiger partial charge >= 0.3 is 11.6 Å². The molecular weight excluding hydrogens is 348 g/mol. The van der Waals surface area contributed by atoms with E-state index in [4.69, 9.17) is 18.6 Å². The number of ether oxygens (including phenoxy) is 3. The normalized spacial score (nSPS) is 10.7. The van der Waals surface area contributed by atoms with E-state index in [-0.39, 0.29) is 6.61 Å². The van der Waals surface area contributed by atoms with Gasteiger partial charge in [0.15, 0.2) is 11.5 Å². The van der Waals surface area contributed by atoms with Crippen LogP contribution in [0.2, 0.25) is 0 Å². The van der Waals surface area contributed by atoms with Gasteiger partial charge in [0.25, 0.3) is 0 Å². The van der Waals surface area contributed by atoms with Gasteiger partial charge in [-0.1, -0.05) is 12.1 Å². The first-order valence-corrected chi connectivity index (χ1v) is 8.36. The second-order valence-corrected chi connectivity index (χ2v) is 6.12. The number of carbonyl (C=O) groups is 1. The molecule has 3 rings (SSSR count). The minimum absolute atomic E-state index is 0.0439. The van der Waals surface area contributed by atoms with Gasteiger partial charge in [-0.15, -0.1) is 0 Å². The smallest absolute Gasteiger partial charge is 0.338 e. The Hall–Kier alpha value is -3.28. The van der Waals surface area contributed by atoms with Crippen molar-refractivity contribution in [2.75, 3.05) is 14.2 Å². The lowest BCUT2D eigenvalue weighted by Gasteiger charge is -2.11. The fourth-order valence-electron chi connectivity index (χ4n) is 2.83. The van der Waals surface area contributed by atoms with Crippen LogP contribution >= 0.6 is 0 Å². The van der Waals surface area contributed by atoms with Crippen LogP contribution in [0, 0.1) is 13.8 Å². The van der Waals surface area contributed by atoms with Crippen LogP contribution in [0.5, 0.6) is 11.5 Å². The van der Waals surface area contributed by atoms with E-state index in [9.17, 15) is 9.59 Å². The highest BCUT2D eigenvalue weighted by atomic mass is 16.5. The predicted molar refractivity (Wildman–Crippen MR) is 101 cm³/mol. The van der Waals surface area contributed by atoms with Crippen LogP contribution in [-0.4, -0.2) is 20.2 Å². The van der Waals surface area contributed by atoms with Crippen molar-refractivity contribution in [3.63, 3.8) is 0 Å². The molecule has 2 aromatic carbocycles. The molecule has 1 heterocycles. The minimum Gasteiger partial charge on any atom is -0.493 e. The molecule has 0 aliphatic carbocycles. The van der Waals surface area contributed by atoms with Crippen molar-refractivity contribution in [3.05, 3.63) is 69.1 Å². The summed E-state index contributed by atoms with van der Waals surface area (Å²) < 4.78 is 21.1. The monoisotopic (exact) mass is 368 g/mol. The Balaban J connectivity index is 1.88. The molecule has 3 aromatic rings. The van der Waals surface area contributed by atoms with Crippen molar-refractivity contribution in [2.45, 2.75) is 20.5 Å². The molecule has 140 valence electrons. The number of carbonyl (C=O) groups excluding carboxylic acids is 1. The van der Waals surface area contributed by atoms with E-state index < -0.39 is 11.6 Å². The van der Waals surface area contributed by atoms with Crippen molar-refractivity contribution < 1.29 is 23.4 Å². The summed E-state index contributed by atoms with van der Waals surface area (Å²) in [6.07, 6.45) is 0. The molecule has 0 bridgehead atoms. The number of fused-ring (bicyclic) bond motifs is 1. The first-order chi connectivity index (χ1) is 12.9. The van der Waals surface area contributed by atoms with E-state index in [1.807, 2.05) is 26.0 Å². The molecule has 6 heteroatoms. The first kappa shape index (κ1) is 18.5. The Morgan fingerprint density at radius 3 is 2.44 bits per heavy atom. The fraction of sp³-hybridized carbons (Fsp3) is 0.238. The van der Waals surface area contributed by atoms with E-state index in [2.05, 4.69) is 0 Å². The van der Waals surface area contributed by atoms with E-state index in [0.717, 1.165) is 16.5 Å². The van der Waals surface area contributed by atoms with Gasteiger partial charge in [0.2, 0.25) is 0 Å². The molecule has 1 aromatic heterocycles. The van der Waals surface area contributed by atoms with E-state index in [1.165, 1.54) is 20.3 Å². The molecule has 0 saturated carbocycles. The number of esters is 1. The topological polar surface area (TPSA) is 75.0 Å². The quantitative estimate of drug-likeness (QED) is 0.504. The standard InChI is InChI=1S/C21H20O6/c1-12-5-7-16-15(10-19(22)27-20(16)13(12)2)11-26-21(23)14-6-8-17(24-3)18(9-14)25-4/h5-10H,11H2,1-4H3. The van der Waals surface area contributed by atoms with Crippen LogP contribution in [0.1, 0.15) is 27.0 Å². The van der Waals surface area contributed by atoms with Gasteiger partial charge in [-0.05, 0) is 43.2 Å². The average Bonchev–Trinajstić information content (AvgIpc) is 2.68. The second-order valence-electron chi connectivity index (χ2n) is 6.12. The van der Waals surface area contributed by atoms with Gasteiger partial charge in [-0.3, -0.25) is 0 Å². The third kappa shape index (κ3) is 3.65. The molecule has 6 nitrogen and oxygen atoms in total. The van der Waals surface area contributed by atoms with Crippen LogP contribution in [0.15, 0.2) is 45.6 Å². The van der Waals surface area contributed by atoms with Gasteiger partial charge < -0.3 is 18.6 Å². The maximum absolute atomic E-state index is 12.4. The molecule has 0 aliphatic heterocycles. The van der Waals surface area contributed by atoms with E-state index in [1.54, 1.807) is 18.2 Å². The number of hydrogen-bond donors (Lipinski definition) is 0. The van der Waals surface area contributed by atoms with Crippen LogP contribution in [0.3, 0.4) is 0 Å². The van der Waals surface area contributed by atoms with Crippen molar-refractivity contribution in [1.29, 1.82) is 0 Å². The number of aryl methyl sites for hydroxylation is 2. The molecule has 0 radical (unpaired) electrons. The Labute approximate surface area is 156 Å². The van der Waals surface area contributed by atoms with Crippen LogP contribution in [0.25, 0.3) is 11.0 Å². The lowest BCUT2D eigenvalue weighted by Crippen LogP contribution is -2.08. The molecule has 0 spiro atoms. The van der Waals surface area contributed by atoms with Gasteiger partial charge in [0.1, 0.15) is 12.2 Å². The second kappa shape index (κ2) is 7.53. The summed E-state index contributed by atoms with van der Waals surface area (Å²) >= 11 is 0. The molecule has 0 aliphatic rings. The Morgan fingerprint density at radius 1 is 1.00 bits per heavy atom. The van der Waals surface area contributed by atoms with Crippen molar-refractivity contribution in [3.8, 4) is 11.5 Å². The molecule has 27 heavy (non-hydrogen) atoms. The molecule has 0 unspecified atom stereocenters. The number of benzene rings is 2. The number of rotatable bonds is 5. The van der Waals surface area contributed by atoms with Crippen LogP contribution < -0.4 is 15.1 Å². The lowest BCUT2D eigenvalue weighted by atomic mass is 10.0. The summed E-state index contributed by atoms with van der Waals surface area (Å²) in [4.78, 5) is 24.3. The zero-order valence-electron chi connectivity index (χ0n) is 15.6. The van der Waals surface area contributed by atoms with Crippen LogP contribution in [-0.2, 0) is 11.3 Å². The average molecular weight is 368 g/mol. The van der Waals surface area contributed by atoms with Gasteiger partial charge in [-0.2, -0.15) is 0 Å². The maximum atomic E-state index is 12.4. The largest absolute Gasteiger partial charge is 0.493 e. The third-order valence-electron chi connectivity index (χ3n) is 4.50. The molecule has 0 N–H and O–H groups in total. The summed E-state index contributed by atoms with van der Waals surface area (Å²) in [6.45, 7) is 3.79. The van der Waals surface area contributed by atoms with Crippen molar-refractivity contribution >= 4 is 16.9 Å². The van der Waals surface area contributed by atoms with Gasteiger partial charge in [-0.25, -0.2) is 9.59 Å². The Bertz CT molecular complexity index is 1060. The maximum Gasteiger partial charge on any atom is 0.338 e. The summed E-state index contributed by atoms with van der Waals surface area (Å²) in [5.74, 6) is 0.427. The Kier molecular flexibility index (Phi) is 5.16. The molecule has 0 saturated heterocycles. The highest BCUT2D eigenvalue weighted by molar-refractivity contribution is 5.90. The van der Waals surface area contributed by atoms with Crippen molar-refractivity contribution in [1.82, 2.24) is 0 Å². The zero-order valence-corrected chi connectivity index (χ0v) is 15.6. The SMILES string of the molecule is COc1ccc(C(=O)OCc2cc(=O)oc3c(C)c(C)ccc23)cc1OC. The number of methoxy groups -OCH3 is 2. The summed E-state index contributed by atoms with van der Waals surface area (Å²) in [5, 5.41) is 0.748. The molecular formula is C21H20O6. The summed E-state index contributed by atoms with van der Waals surface area (Å²) in [6, 6.07) is 9.92.